The van der Waals surface area contributed by atoms with Crippen molar-refractivity contribution in [2.75, 3.05) is 0 Å². The van der Waals surface area contributed by atoms with Crippen LogP contribution in [0.3, 0.4) is 0 Å². The Balaban J connectivity index is 2.29. The molecule has 0 fully saturated rings. The summed E-state index contributed by atoms with van der Waals surface area (Å²) >= 11 is 0. The van der Waals surface area contributed by atoms with Crippen LogP contribution < -0.4 is 4.57 Å². The molecular weight excluding hydrogens is 292 g/mol. The summed E-state index contributed by atoms with van der Waals surface area (Å²) in [6.45, 7) is 8.74. The van der Waals surface area contributed by atoms with Crippen LogP contribution in [0.5, 0.6) is 0 Å². The highest BCUT2D eigenvalue weighted by molar-refractivity contribution is 6.10. The Hall–Kier alpha value is -2.61. The number of fused-ring (bicyclic) bond motifs is 3. The molecule has 0 saturated carbocycles. The summed E-state index contributed by atoms with van der Waals surface area (Å²) in [4.78, 5) is 0. The molecule has 2 aromatic heterocycles. The van der Waals surface area contributed by atoms with Crippen molar-refractivity contribution in [3.05, 3.63) is 70.9 Å². The number of nitrogens with zero attached hydrogens (tertiary/aromatic N) is 2. The van der Waals surface area contributed by atoms with Gasteiger partial charge in [0.15, 0.2) is 0 Å². The molecule has 0 aliphatic rings. The quantitative estimate of drug-likeness (QED) is 0.444. The minimum Gasteiger partial charge on any atom is -0.237 e. The maximum atomic E-state index is 2.42. The van der Waals surface area contributed by atoms with E-state index in [1.165, 1.54) is 49.9 Å². The van der Waals surface area contributed by atoms with Gasteiger partial charge in [0.1, 0.15) is 11.0 Å². The number of rotatable bonds is 1. The molecule has 0 aliphatic heterocycles. The molecule has 0 radical (unpaired) electrons. The lowest BCUT2D eigenvalue weighted by Crippen LogP contribution is -2.33. The average Bonchev–Trinajstić information content (AvgIpc) is 2.87. The summed E-state index contributed by atoms with van der Waals surface area (Å²) in [5.74, 6) is 1.20. The smallest absolute Gasteiger partial charge is 0.237 e. The first kappa shape index (κ1) is 14.9. The van der Waals surface area contributed by atoms with Crippen LogP contribution >= 0.6 is 0 Å². The standard InChI is InChI=1S/C22H23N2/c1-14-6-8-18-19-9-7-16(3)17(4)22(19)24(20(18)12-14)21-13-15(2)10-11-23(21)5/h6-13H,1-5H3/q+1. The third kappa shape index (κ3) is 2.06. The van der Waals surface area contributed by atoms with Crippen molar-refractivity contribution in [3.8, 4) is 5.82 Å². The second-order valence-electron chi connectivity index (χ2n) is 6.93. The van der Waals surface area contributed by atoms with Gasteiger partial charge in [0.2, 0.25) is 0 Å². The Morgan fingerprint density at radius 3 is 2.29 bits per heavy atom. The number of aromatic nitrogens is 2. The second kappa shape index (κ2) is 5.20. The van der Waals surface area contributed by atoms with Gasteiger partial charge in [-0.2, -0.15) is 4.57 Å². The van der Waals surface area contributed by atoms with E-state index in [1.807, 2.05) is 0 Å². The van der Waals surface area contributed by atoms with Crippen LogP contribution in [0.15, 0.2) is 48.7 Å². The largest absolute Gasteiger partial charge is 0.286 e. The molecule has 0 unspecified atom stereocenters. The van der Waals surface area contributed by atoms with Crippen LogP contribution in [0.1, 0.15) is 22.3 Å². The minimum absolute atomic E-state index is 1.20. The van der Waals surface area contributed by atoms with Crippen LogP contribution in [0.2, 0.25) is 0 Å². The SMILES string of the molecule is Cc1cc[n+](C)c(-n2c3cc(C)ccc3c3ccc(C)c(C)c32)c1. The van der Waals surface area contributed by atoms with E-state index in [0.29, 0.717) is 0 Å². The van der Waals surface area contributed by atoms with E-state index >= 15 is 0 Å². The summed E-state index contributed by atoms with van der Waals surface area (Å²) in [6, 6.07) is 15.7. The van der Waals surface area contributed by atoms with Crippen LogP contribution in [-0.4, -0.2) is 4.57 Å². The Morgan fingerprint density at radius 1 is 0.792 bits per heavy atom. The van der Waals surface area contributed by atoms with Crippen LogP contribution in [-0.2, 0) is 7.05 Å². The number of benzene rings is 2. The van der Waals surface area contributed by atoms with Crippen molar-refractivity contribution in [2.24, 2.45) is 7.05 Å². The van der Waals surface area contributed by atoms with E-state index < -0.39 is 0 Å². The van der Waals surface area contributed by atoms with Crippen molar-refractivity contribution in [3.63, 3.8) is 0 Å². The summed E-state index contributed by atoms with van der Waals surface area (Å²) < 4.78 is 4.63. The molecule has 0 bridgehead atoms. The first-order chi connectivity index (χ1) is 11.5. The molecule has 120 valence electrons. The fraction of sp³-hybridized carbons (Fsp3) is 0.227. The van der Waals surface area contributed by atoms with Gasteiger partial charge >= 0.3 is 0 Å². The number of hydrogen-bond donors (Lipinski definition) is 0. The molecule has 0 aliphatic carbocycles. The lowest BCUT2D eigenvalue weighted by atomic mass is 10.0. The monoisotopic (exact) mass is 315 g/mol. The first-order valence-corrected chi connectivity index (χ1v) is 8.45. The zero-order valence-electron chi connectivity index (χ0n) is 15.0. The molecule has 4 rings (SSSR count). The van der Waals surface area contributed by atoms with E-state index in [9.17, 15) is 0 Å². The summed E-state index contributed by atoms with van der Waals surface area (Å²) in [5, 5.41) is 2.65. The third-order valence-electron chi connectivity index (χ3n) is 5.12. The molecule has 0 saturated heterocycles. The highest BCUT2D eigenvalue weighted by atomic mass is 15.1. The van der Waals surface area contributed by atoms with E-state index in [0.717, 1.165) is 0 Å². The van der Waals surface area contributed by atoms with Crippen LogP contribution in [0, 0.1) is 27.7 Å². The Labute approximate surface area is 143 Å². The normalized spacial score (nSPS) is 11.5. The van der Waals surface area contributed by atoms with Crippen molar-refractivity contribution in [2.45, 2.75) is 27.7 Å². The van der Waals surface area contributed by atoms with Gasteiger partial charge in [0, 0.05) is 16.8 Å². The molecule has 0 N–H and O–H groups in total. The molecule has 4 aromatic rings. The molecule has 0 amide bonds. The maximum absolute atomic E-state index is 2.42. The topological polar surface area (TPSA) is 8.81 Å². The predicted molar refractivity (Wildman–Crippen MR) is 101 cm³/mol. The minimum atomic E-state index is 1.20. The van der Waals surface area contributed by atoms with Crippen molar-refractivity contribution in [1.29, 1.82) is 0 Å². The van der Waals surface area contributed by atoms with Gasteiger partial charge in [-0.25, -0.2) is 4.57 Å². The van der Waals surface area contributed by atoms with Gasteiger partial charge in [-0.05, 0) is 74.2 Å². The molecule has 2 aromatic carbocycles. The van der Waals surface area contributed by atoms with E-state index in [-0.39, 0.29) is 0 Å². The lowest BCUT2D eigenvalue weighted by molar-refractivity contribution is -0.665. The summed E-state index contributed by atoms with van der Waals surface area (Å²) in [6.07, 6.45) is 2.14. The molecule has 2 heterocycles. The van der Waals surface area contributed by atoms with Crippen LogP contribution in [0.4, 0.5) is 0 Å². The Bertz CT molecular complexity index is 1100. The van der Waals surface area contributed by atoms with E-state index in [1.54, 1.807) is 0 Å². The molecular formula is C22H23N2+. The van der Waals surface area contributed by atoms with Crippen molar-refractivity contribution in [1.82, 2.24) is 4.57 Å². The molecule has 24 heavy (non-hydrogen) atoms. The molecule has 0 atom stereocenters. The Kier molecular flexibility index (Phi) is 3.24. The van der Waals surface area contributed by atoms with Gasteiger partial charge in [-0.1, -0.05) is 12.1 Å². The molecule has 2 nitrogen and oxygen atoms in total. The van der Waals surface area contributed by atoms with Gasteiger partial charge in [-0.3, -0.25) is 0 Å². The maximum Gasteiger partial charge on any atom is 0.286 e. The predicted octanol–water partition coefficient (Wildman–Crippen LogP) is 4.84. The zero-order valence-corrected chi connectivity index (χ0v) is 15.0. The number of aryl methyl sites for hydroxylation is 5. The summed E-state index contributed by atoms with van der Waals surface area (Å²) in [5.41, 5.74) is 7.84. The lowest BCUT2D eigenvalue weighted by Gasteiger charge is -2.07. The average molecular weight is 315 g/mol. The Morgan fingerprint density at radius 2 is 1.50 bits per heavy atom. The first-order valence-electron chi connectivity index (χ1n) is 8.45. The van der Waals surface area contributed by atoms with Gasteiger partial charge in [0.25, 0.3) is 5.82 Å². The number of hydrogen-bond acceptors (Lipinski definition) is 0. The number of pyridine rings is 1. The summed E-state index contributed by atoms with van der Waals surface area (Å²) in [7, 11) is 2.12. The molecule has 2 heteroatoms. The fourth-order valence-corrected chi connectivity index (χ4v) is 3.60. The highest BCUT2D eigenvalue weighted by Crippen LogP contribution is 2.34. The van der Waals surface area contributed by atoms with Crippen molar-refractivity contribution >= 4 is 21.8 Å². The van der Waals surface area contributed by atoms with E-state index in [4.69, 9.17) is 0 Å². The van der Waals surface area contributed by atoms with Crippen LogP contribution in [0.25, 0.3) is 27.6 Å². The third-order valence-corrected chi connectivity index (χ3v) is 5.12. The fourth-order valence-electron chi connectivity index (χ4n) is 3.60. The zero-order chi connectivity index (χ0) is 17.0. The van der Waals surface area contributed by atoms with Gasteiger partial charge in [-0.15, -0.1) is 0 Å². The molecule has 0 spiro atoms. The second-order valence-corrected chi connectivity index (χ2v) is 6.93. The van der Waals surface area contributed by atoms with E-state index in [2.05, 4.69) is 92.5 Å². The van der Waals surface area contributed by atoms with Crippen molar-refractivity contribution < 1.29 is 4.57 Å². The highest BCUT2D eigenvalue weighted by Gasteiger charge is 2.23. The van der Waals surface area contributed by atoms with Gasteiger partial charge in [0.05, 0.1) is 13.2 Å². The van der Waals surface area contributed by atoms with Gasteiger partial charge < -0.3 is 0 Å².